The number of pyridine rings is 1. The smallest absolute Gasteiger partial charge is 0.294 e. The zero-order chi connectivity index (χ0) is 27.4. The van der Waals surface area contributed by atoms with Crippen molar-refractivity contribution in [3.8, 4) is 0 Å². The molecule has 1 aliphatic heterocycles. The van der Waals surface area contributed by atoms with Crippen LogP contribution < -0.4 is 4.90 Å². The summed E-state index contributed by atoms with van der Waals surface area (Å²) in [7, 11) is 2.11. The van der Waals surface area contributed by atoms with Crippen molar-refractivity contribution >= 4 is 11.7 Å². The highest BCUT2D eigenvalue weighted by molar-refractivity contribution is 5.93. The van der Waals surface area contributed by atoms with E-state index in [1.54, 1.807) is 12.3 Å². The largest absolute Gasteiger partial charge is 0.354 e. The number of unbranched alkanes of at least 4 members (excludes halogenated alkanes) is 14. The van der Waals surface area contributed by atoms with Gasteiger partial charge in [0.25, 0.3) is 11.0 Å². The lowest BCUT2D eigenvalue weighted by atomic mass is 10.0. The van der Waals surface area contributed by atoms with E-state index < -0.39 is 5.09 Å². The van der Waals surface area contributed by atoms with Crippen molar-refractivity contribution < 1.29 is 19.9 Å². The molecule has 1 aromatic heterocycles. The normalized spacial score (nSPS) is 14.0. The molecule has 1 saturated heterocycles. The van der Waals surface area contributed by atoms with E-state index in [2.05, 4.69) is 26.7 Å². The lowest BCUT2D eigenvalue weighted by Crippen LogP contribution is -2.44. The molecule has 1 N–H and O–H groups in total. The molecule has 0 aliphatic carbocycles. The predicted octanol–water partition coefficient (Wildman–Crippen LogP) is 5.72. The van der Waals surface area contributed by atoms with Crippen LogP contribution in [0, 0.1) is 10.1 Å². The van der Waals surface area contributed by atoms with Crippen molar-refractivity contribution in [1.82, 2.24) is 14.9 Å². The Morgan fingerprint density at radius 3 is 1.87 bits per heavy atom. The van der Waals surface area contributed by atoms with E-state index in [0.717, 1.165) is 75.6 Å². The van der Waals surface area contributed by atoms with Crippen LogP contribution in [0.1, 0.15) is 107 Å². The number of hydrogen-bond acceptors (Lipinski definition) is 8. The fourth-order valence-electron chi connectivity index (χ4n) is 4.79. The molecule has 0 aromatic carbocycles. The predicted molar refractivity (Wildman–Crippen MR) is 149 cm³/mol. The lowest BCUT2D eigenvalue weighted by Gasteiger charge is -2.33. The Morgan fingerprint density at radius 1 is 0.895 bits per heavy atom. The van der Waals surface area contributed by atoms with Crippen molar-refractivity contribution in [3.05, 3.63) is 34.0 Å². The molecule has 0 atom stereocenters. The maximum Gasteiger partial charge on any atom is 0.294 e. The number of hydrogen-bond donors (Lipinski definition) is 1. The molecule has 0 saturated carbocycles. The van der Waals surface area contributed by atoms with Crippen LogP contribution in [0.5, 0.6) is 0 Å². The molecular formula is C28H49N5O5. The van der Waals surface area contributed by atoms with Gasteiger partial charge in [-0.3, -0.25) is 10.0 Å². The molecule has 0 bridgehead atoms. The molecule has 10 nitrogen and oxygen atoms in total. The zero-order valence-corrected chi connectivity index (χ0v) is 23.4. The Morgan fingerprint density at radius 2 is 1.39 bits per heavy atom. The van der Waals surface area contributed by atoms with E-state index in [4.69, 9.17) is 0 Å². The minimum Gasteiger partial charge on any atom is -0.354 e. The van der Waals surface area contributed by atoms with Crippen molar-refractivity contribution in [2.45, 2.75) is 96.3 Å². The quantitative estimate of drug-likeness (QED) is 0.0920. The molecule has 216 valence electrons. The van der Waals surface area contributed by atoms with E-state index in [9.17, 15) is 20.1 Å². The van der Waals surface area contributed by atoms with Crippen molar-refractivity contribution in [2.75, 3.05) is 51.3 Å². The van der Waals surface area contributed by atoms with E-state index in [-0.39, 0.29) is 12.5 Å². The minimum absolute atomic E-state index is 0.219. The molecule has 1 fully saturated rings. The molecule has 10 heteroatoms. The molecular weight excluding hydrogens is 486 g/mol. The number of piperazine rings is 1. The molecule has 0 radical (unpaired) electrons. The summed E-state index contributed by atoms with van der Waals surface area (Å²) in [4.78, 5) is 35.8. The van der Waals surface area contributed by atoms with Crippen LogP contribution in [-0.2, 0) is 4.84 Å². The van der Waals surface area contributed by atoms with Gasteiger partial charge in [0.2, 0.25) is 0 Å². The van der Waals surface area contributed by atoms with Gasteiger partial charge in [0.15, 0.2) is 0 Å². The molecule has 1 aliphatic rings. The van der Waals surface area contributed by atoms with Gasteiger partial charge in [-0.25, -0.2) is 10.0 Å². The molecule has 0 unspecified atom stereocenters. The van der Waals surface area contributed by atoms with Crippen LogP contribution in [0.3, 0.4) is 0 Å². The van der Waals surface area contributed by atoms with Crippen molar-refractivity contribution in [2.24, 2.45) is 0 Å². The minimum atomic E-state index is -0.720. The lowest BCUT2D eigenvalue weighted by molar-refractivity contribution is -0.757. The average molecular weight is 536 g/mol. The van der Waals surface area contributed by atoms with Crippen LogP contribution in [0.4, 0.5) is 5.82 Å². The molecule has 2 rings (SSSR count). The first-order valence-corrected chi connectivity index (χ1v) is 14.6. The first-order valence-electron chi connectivity index (χ1n) is 14.6. The Labute approximate surface area is 228 Å². The van der Waals surface area contributed by atoms with Gasteiger partial charge in [-0.15, -0.1) is 10.1 Å². The Hall–Kier alpha value is -2.46. The van der Waals surface area contributed by atoms with Crippen LogP contribution in [0.2, 0.25) is 0 Å². The van der Waals surface area contributed by atoms with Crippen LogP contribution >= 0.6 is 0 Å². The third-order valence-corrected chi connectivity index (χ3v) is 7.27. The topological polar surface area (TPSA) is 112 Å². The summed E-state index contributed by atoms with van der Waals surface area (Å²) in [6.45, 7) is 4.44. The standard InChI is InChI=1S/C28H49N5O5/c1-30-20-22-31(23-21-30)27-18-17-26(25-29-27)28(34)32(35)19-15-13-11-9-7-5-3-2-4-6-8-10-12-14-16-24-38-33(36)37/h17-18,25,35H,2-16,19-24H2,1H3. The molecule has 38 heavy (non-hydrogen) atoms. The van der Waals surface area contributed by atoms with Gasteiger partial charge in [0.05, 0.1) is 12.2 Å². The van der Waals surface area contributed by atoms with Gasteiger partial charge in [0.1, 0.15) is 5.82 Å². The van der Waals surface area contributed by atoms with Gasteiger partial charge in [-0.05, 0) is 32.0 Å². The monoisotopic (exact) mass is 535 g/mol. The third-order valence-electron chi connectivity index (χ3n) is 7.27. The molecule has 1 aromatic rings. The Bertz CT molecular complexity index is 771. The van der Waals surface area contributed by atoms with Gasteiger partial charge in [0, 0.05) is 38.9 Å². The first-order chi connectivity index (χ1) is 18.5. The van der Waals surface area contributed by atoms with E-state index >= 15 is 0 Å². The van der Waals surface area contributed by atoms with Crippen LogP contribution in [-0.4, -0.2) is 77.5 Å². The summed E-state index contributed by atoms with van der Waals surface area (Å²) in [6.07, 6.45) is 18.8. The zero-order valence-electron chi connectivity index (χ0n) is 23.4. The summed E-state index contributed by atoms with van der Waals surface area (Å²) in [6, 6.07) is 3.63. The number of anilines is 1. The van der Waals surface area contributed by atoms with Crippen LogP contribution in [0.15, 0.2) is 18.3 Å². The maximum atomic E-state index is 12.5. The fraction of sp³-hybridized carbons (Fsp3) is 0.786. The fourth-order valence-corrected chi connectivity index (χ4v) is 4.79. The Balaban J connectivity index is 1.38. The van der Waals surface area contributed by atoms with E-state index in [1.807, 2.05) is 6.07 Å². The highest BCUT2D eigenvalue weighted by atomic mass is 16.9. The number of aromatic nitrogens is 1. The second-order valence-electron chi connectivity index (χ2n) is 10.5. The highest BCUT2D eigenvalue weighted by Crippen LogP contribution is 2.16. The van der Waals surface area contributed by atoms with Gasteiger partial charge >= 0.3 is 0 Å². The van der Waals surface area contributed by atoms with Gasteiger partial charge in [-0.1, -0.05) is 83.5 Å². The summed E-state index contributed by atoms with van der Waals surface area (Å²) in [5.74, 6) is 0.497. The molecule has 1 amide bonds. The number of carbonyl (C=O) groups excluding carboxylic acids is 1. The number of hydroxylamine groups is 2. The highest BCUT2D eigenvalue weighted by Gasteiger charge is 2.17. The number of nitrogens with zero attached hydrogens (tertiary/aromatic N) is 5. The van der Waals surface area contributed by atoms with E-state index in [1.165, 1.54) is 57.8 Å². The molecule has 0 spiro atoms. The third kappa shape index (κ3) is 13.9. The van der Waals surface area contributed by atoms with Crippen molar-refractivity contribution in [1.29, 1.82) is 0 Å². The Kier molecular flexibility index (Phi) is 16.4. The second kappa shape index (κ2) is 19.6. The number of rotatable bonds is 21. The average Bonchev–Trinajstić information content (AvgIpc) is 2.92. The van der Waals surface area contributed by atoms with Gasteiger partial charge < -0.3 is 14.6 Å². The van der Waals surface area contributed by atoms with Crippen molar-refractivity contribution in [3.63, 3.8) is 0 Å². The molecule has 2 heterocycles. The second-order valence-corrected chi connectivity index (χ2v) is 10.5. The number of carbonyl (C=O) groups is 1. The van der Waals surface area contributed by atoms with Crippen LogP contribution in [0.25, 0.3) is 0 Å². The number of likely N-dealkylation sites (N-methyl/N-ethyl adjacent to an activating group) is 1. The summed E-state index contributed by atoms with van der Waals surface area (Å²) in [5.41, 5.74) is 0.422. The summed E-state index contributed by atoms with van der Waals surface area (Å²) >= 11 is 0. The van der Waals surface area contributed by atoms with E-state index in [0.29, 0.717) is 12.1 Å². The summed E-state index contributed by atoms with van der Waals surface area (Å²) in [5, 5.41) is 20.3. The van der Waals surface area contributed by atoms with Gasteiger partial charge in [-0.2, -0.15) is 0 Å². The summed E-state index contributed by atoms with van der Waals surface area (Å²) < 4.78 is 0. The first kappa shape index (κ1) is 31.8. The number of amides is 1. The maximum absolute atomic E-state index is 12.5. The SMILES string of the molecule is CN1CCN(c2ccc(C(=O)N(O)CCCCCCCCCCCCCCCCCO[N+](=O)[O-])cn2)CC1.